The third-order valence-corrected chi connectivity index (χ3v) is 4.04. The average Bonchev–Trinajstić information content (AvgIpc) is 2.48. The average molecular weight is 305 g/mol. The first-order chi connectivity index (χ1) is 10.1. The Labute approximate surface area is 126 Å². The van der Waals surface area contributed by atoms with Gasteiger partial charge in [-0.25, -0.2) is 0 Å². The second-order valence-corrected chi connectivity index (χ2v) is 5.76. The van der Waals surface area contributed by atoms with Crippen LogP contribution in [0.15, 0.2) is 53.4 Å². The fraction of sp³-hybridized carbons (Fsp3) is 0.188. The molecule has 0 fully saturated rings. The van der Waals surface area contributed by atoms with Gasteiger partial charge >= 0.3 is 6.61 Å². The molecule has 0 aliphatic carbocycles. The second-order valence-electron chi connectivity index (χ2n) is 4.34. The summed E-state index contributed by atoms with van der Waals surface area (Å²) in [6, 6.07) is 16.0. The van der Waals surface area contributed by atoms with E-state index in [-0.39, 0.29) is 11.0 Å². The summed E-state index contributed by atoms with van der Waals surface area (Å²) in [7, 11) is 0. The van der Waals surface area contributed by atoms with Crippen LogP contribution in [0.5, 0.6) is 5.75 Å². The van der Waals surface area contributed by atoms with Gasteiger partial charge in [-0.3, -0.25) is 0 Å². The van der Waals surface area contributed by atoms with Crippen LogP contribution in [0.1, 0.15) is 23.3 Å². The third-order valence-electron chi connectivity index (χ3n) is 2.87. The van der Waals surface area contributed by atoms with E-state index in [0.29, 0.717) is 5.56 Å². The SMILES string of the molecule is CC(Sc1ccc(C#N)cc1)c1ccc(OC(F)F)cc1. The monoisotopic (exact) mass is 305 g/mol. The third kappa shape index (κ3) is 4.47. The highest BCUT2D eigenvalue weighted by Gasteiger charge is 2.09. The van der Waals surface area contributed by atoms with E-state index in [1.165, 1.54) is 12.1 Å². The van der Waals surface area contributed by atoms with Crippen molar-refractivity contribution in [3.63, 3.8) is 0 Å². The Morgan fingerprint density at radius 2 is 1.67 bits per heavy atom. The standard InChI is InChI=1S/C16H13F2NOS/c1-11(21-15-8-2-12(10-19)3-9-15)13-4-6-14(7-5-13)20-16(17)18/h2-9,11,16H,1H3. The summed E-state index contributed by atoms with van der Waals surface area (Å²) >= 11 is 1.64. The van der Waals surface area contributed by atoms with Gasteiger partial charge in [0.05, 0.1) is 11.6 Å². The van der Waals surface area contributed by atoms with Crippen LogP contribution >= 0.6 is 11.8 Å². The lowest BCUT2D eigenvalue weighted by molar-refractivity contribution is -0.0498. The molecule has 0 radical (unpaired) electrons. The van der Waals surface area contributed by atoms with Crippen LogP contribution in [0.25, 0.3) is 0 Å². The number of thioether (sulfide) groups is 1. The maximum absolute atomic E-state index is 12.1. The molecule has 0 aliphatic rings. The molecule has 1 atom stereocenters. The Morgan fingerprint density at radius 1 is 1.05 bits per heavy atom. The van der Waals surface area contributed by atoms with E-state index in [1.54, 1.807) is 36.0 Å². The number of hydrogen-bond donors (Lipinski definition) is 0. The van der Waals surface area contributed by atoms with Crippen molar-refractivity contribution in [2.75, 3.05) is 0 Å². The molecule has 0 N–H and O–H groups in total. The van der Waals surface area contributed by atoms with Crippen molar-refractivity contribution in [1.29, 1.82) is 5.26 Å². The van der Waals surface area contributed by atoms with Crippen molar-refractivity contribution < 1.29 is 13.5 Å². The van der Waals surface area contributed by atoms with Crippen LogP contribution in [-0.2, 0) is 0 Å². The molecule has 2 aromatic rings. The topological polar surface area (TPSA) is 33.0 Å². The summed E-state index contributed by atoms with van der Waals surface area (Å²) < 4.78 is 28.5. The maximum atomic E-state index is 12.1. The number of benzene rings is 2. The van der Waals surface area contributed by atoms with E-state index in [0.717, 1.165) is 10.5 Å². The molecule has 0 bridgehead atoms. The smallest absolute Gasteiger partial charge is 0.387 e. The highest BCUT2D eigenvalue weighted by Crippen LogP contribution is 2.35. The number of hydrogen-bond acceptors (Lipinski definition) is 3. The minimum atomic E-state index is -2.80. The maximum Gasteiger partial charge on any atom is 0.387 e. The van der Waals surface area contributed by atoms with E-state index in [2.05, 4.69) is 10.8 Å². The number of alkyl halides is 2. The number of nitrogens with zero attached hydrogens (tertiary/aromatic N) is 1. The van der Waals surface area contributed by atoms with Crippen molar-refractivity contribution >= 4 is 11.8 Å². The lowest BCUT2D eigenvalue weighted by atomic mass is 10.1. The first-order valence-electron chi connectivity index (χ1n) is 6.30. The molecule has 0 aliphatic heterocycles. The summed E-state index contributed by atoms with van der Waals surface area (Å²) in [5.74, 6) is 0.157. The highest BCUT2D eigenvalue weighted by atomic mass is 32.2. The predicted molar refractivity (Wildman–Crippen MR) is 78.5 cm³/mol. The van der Waals surface area contributed by atoms with Gasteiger partial charge in [0.1, 0.15) is 5.75 Å². The van der Waals surface area contributed by atoms with Crippen molar-refractivity contribution in [2.24, 2.45) is 0 Å². The van der Waals surface area contributed by atoms with Gasteiger partial charge in [-0.15, -0.1) is 11.8 Å². The van der Waals surface area contributed by atoms with Crippen LogP contribution in [0.3, 0.4) is 0 Å². The predicted octanol–water partition coefficient (Wildman–Crippen LogP) is 5.01. The summed E-state index contributed by atoms with van der Waals surface area (Å²) in [4.78, 5) is 1.05. The van der Waals surface area contributed by atoms with Crippen LogP contribution < -0.4 is 4.74 Å². The minimum Gasteiger partial charge on any atom is -0.435 e. The summed E-state index contributed by atoms with van der Waals surface area (Å²) in [6.07, 6.45) is 0. The van der Waals surface area contributed by atoms with E-state index in [9.17, 15) is 8.78 Å². The summed E-state index contributed by atoms with van der Waals surface area (Å²) in [5.41, 5.74) is 1.64. The number of halogens is 2. The Bertz CT molecular complexity index is 620. The van der Waals surface area contributed by atoms with Gasteiger partial charge in [-0.05, 0) is 48.9 Å². The first-order valence-corrected chi connectivity index (χ1v) is 7.18. The molecule has 1 unspecified atom stereocenters. The Balaban J connectivity index is 2.02. The van der Waals surface area contributed by atoms with Gasteiger partial charge in [-0.1, -0.05) is 12.1 Å². The number of rotatable bonds is 5. The van der Waals surface area contributed by atoms with Crippen molar-refractivity contribution in [3.05, 3.63) is 59.7 Å². The van der Waals surface area contributed by atoms with Gasteiger partial charge in [0, 0.05) is 10.1 Å². The fourth-order valence-electron chi connectivity index (χ4n) is 1.80. The van der Waals surface area contributed by atoms with Gasteiger partial charge < -0.3 is 4.74 Å². The zero-order valence-corrected chi connectivity index (χ0v) is 12.1. The molecule has 0 spiro atoms. The lowest BCUT2D eigenvalue weighted by Crippen LogP contribution is -2.01. The van der Waals surface area contributed by atoms with Gasteiger partial charge in [-0.2, -0.15) is 14.0 Å². The van der Waals surface area contributed by atoms with Crippen molar-refractivity contribution in [1.82, 2.24) is 0 Å². The zero-order valence-electron chi connectivity index (χ0n) is 11.3. The van der Waals surface area contributed by atoms with E-state index in [4.69, 9.17) is 5.26 Å². The Morgan fingerprint density at radius 3 is 2.19 bits per heavy atom. The highest BCUT2D eigenvalue weighted by molar-refractivity contribution is 7.99. The first kappa shape index (κ1) is 15.3. The number of ether oxygens (including phenoxy) is 1. The molecule has 0 amide bonds. The van der Waals surface area contributed by atoms with Crippen LogP contribution in [0.4, 0.5) is 8.78 Å². The largest absolute Gasteiger partial charge is 0.435 e. The molecular formula is C16H13F2NOS. The molecule has 0 aromatic heterocycles. The quantitative estimate of drug-likeness (QED) is 0.728. The van der Waals surface area contributed by atoms with E-state index >= 15 is 0 Å². The molecule has 108 valence electrons. The van der Waals surface area contributed by atoms with Crippen molar-refractivity contribution in [2.45, 2.75) is 23.7 Å². The van der Waals surface area contributed by atoms with Crippen LogP contribution in [0, 0.1) is 11.3 Å². The molecule has 2 aromatic carbocycles. The lowest BCUT2D eigenvalue weighted by Gasteiger charge is -2.12. The van der Waals surface area contributed by atoms with E-state index < -0.39 is 6.61 Å². The molecular weight excluding hydrogens is 292 g/mol. The molecule has 0 heterocycles. The fourth-order valence-corrected chi connectivity index (χ4v) is 2.80. The molecule has 0 saturated carbocycles. The number of nitriles is 1. The molecule has 5 heteroatoms. The molecule has 2 nitrogen and oxygen atoms in total. The van der Waals surface area contributed by atoms with Crippen LogP contribution in [0.2, 0.25) is 0 Å². The van der Waals surface area contributed by atoms with Gasteiger partial charge in [0.25, 0.3) is 0 Å². The summed E-state index contributed by atoms with van der Waals surface area (Å²) in [6.45, 7) is -0.771. The molecule has 21 heavy (non-hydrogen) atoms. The Hall–Kier alpha value is -2.06. The summed E-state index contributed by atoms with van der Waals surface area (Å²) in [5, 5.41) is 8.92. The normalized spacial score (nSPS) is 12.0. The minimum absolute atomic E-state index is 0.157. The van der Waals surface area contributed by atoms with Gasteiger partial charge in [0.15, 0.2) is 0 Å². The van der Waals surface area contributed by atoms with Crippen LogP contribution in [-0.4, -0.2) is 6.61 Å². The second kappa shape index (κ2) is 7.09. The zero-order chi connectivity index (χ0) is 15.2. The van der Waals surface area contributed by atoms with E-state index in [1.807, 2.05) is 19.1 Å². The Kier molecular flexibility index (Phi) is 5.18. The molecule has 0 saturated heterocycles. The molecule has 2 rings (SSSR count). The van der Waals surface area contributed by atoms with Gasteiger partial charge in [0.2, 0.25) is 0 Å². The van der Waals surface area contributed by atoms with Crippen molar-refractivity contribution in [3.8, 4) is 11.8 Å².